The van der Waals surface area contributed by atoms with E-state index in [2.05, 4.69) is 54.0 Å². The summed E-state index contributed by atoms with van der Waals surface area (Å²) in [6.45, 7) is 2.76. The molecule has 3 rings (SSSR count). The van der Waals surface area contributed by atoms with E-state index in [1.54, 1.807) is 0 Å². The number of aryl methyl sites for hydroxylation is 1. The number of anilines is 1. The third kappa shape index (κ3) is 3.09. The molecule has 2 unspecified atom stereocenters. The van der Waals surface area contributed by atoms with Crippen molar-refractivity contribution in [2.75, 3.05) is 11.9 Å². The van der Waals surface area contributed by atoms with E-state index in [0.717, 1.165) is 12.1 Å². The molecule has 0 spiro atoms. The van der Waals surface area contributed by atoms with E-state index in [1.807, 2.05) is 18.2 Å². The Morgan fingerprint density at radius 3 is 2.67 bits per heavy atom. The van der Waals surface area contributed by atoms with Gasteiger partial charge in [0.2, 0.25) is 0 Å². The number of hydrogen-bond donors (Lipinski definition) is 2. The van der Waals surface area contributed by atoms with Crippen LogP contribution in [0.3, 0.4) is 0 Å². The zero-order chi connectivity index (χ0) is 14.7. The second-order valence-corrected chi connectivity index (χ2v) is 5.78. The van der Waals surface area contributed by atoms with E-state index in [0.29, 0.717) is 13.0 Å². The molecule has 2 atom stereocenters. The number of rotatable bonds is 3. The van der Waals surface area contributed by atoms with Crippen LogP contribution in [0.2, 0.25) is 0 Å². The Balaban J connectivity index is 1.96. The van der Waals surface area contributed by atoms with Crippen molar-refractivity contribution in [1.29, 1.82) is 0 Å². The third-order valence-electron chi connectivity index (χ3n) is 4.14. The summed E-state index contributed by atoms with van der Waals surface area (Å²) in [6.07, 6.45) is 0.892. The smallest absolute Gasteiger partial charge is 0.122 e. The van der Waals surface area contributed by atoms with E-state index >= 15 is 0 Å². The van der Waals surface area contributed by atoms with Crippen LogP contribution in [0.5, 0.6) is 0 Å². The average molecular weight is 281 g/mol. The SMILES string of the molecule is Cc1cccc(NC2(c3ccccc3)CC[N]C(O)C2)c1. The highest BCUT2D eigenvalue weighted by molar-refractivity contribution is 5.50. The van der Waals surface area contributed by atoms with Gasteiger partial charge >= 0.3 is 0 Å². The van der Waals surface area contributed by atoms with Crippen LogP contribution in [0.25, 0.3) is 0 Å². The molecule has 3 heteroatoms. The van der Waals surface area contributed by atoms with Crippen LogP contribution in [0.1, 0.15) is 24.0 Å². The summed E-state index contributed by atoms with van der Waals surface area (Å²) in [6, 6.07) is 18.7. The molecule has 3 nitrogen and oxygen atoms in total. The standard InChI is InChI=1S/C18H21N2O/c1-14-6-5-9-16(12-14)20-18(10-11-19-17(21)13-18)15-7-3-2-4-8-15/h2-9,12,17,20-21H,10-11,13H2,1H3. The number of piperidine rings is 1. The lowest BCUT2D eigenvalue weighted by molar-refractivity contribution is 0.0706. The van der Waals surface area contributed by atoms with E-state index in [-0.39, 0.29) is 5.54 Å². The van der Waals surface area contributed by atoms with E-state index in [4.69, 9.17) is 0 Å². The predicted molar refractivity (Wildman–Crippen MR) is 85.2 cm³/mol. The molecule has 2 aromatic rings. The lowest BCUT2D eigenvalue weighted by Crippen LogP contribution is -2.47. The molecular formula is C18H21N2O. The van der Waals surface area contributed by atoms with Crippen LogP contribution in [-0.2, 0) is 5.54 Å². The van der Waals surface area contributed by atoms with Gasteiger partial charge in [-0.1, -0.05) is 42.5 Å². The molecule has 1 radical (unpaired) electrons. The predicted octanol–water partition coefficient (Wildman–Crippen LogP) is 3.02. The molecule has 2 aromatic carbocycles. The quantitative estimate of drug-likeness (QED) is 0.908. The van der Waals surface area contributed by atoms with Gasteiger partial charge in [-0.05, 0) is 36.6 Å². The van der Waals surface area contributed by atoms with Gasteiger partial charge < -0.3 is 10.4 Å². The van der Waals surface area contributed by atoms with Gasteiger partial charge in [-0.25, -0.2) is 5.32 Å². The zero-order valence-electron chi connectivity index (χ0n) is 12.3. The third-order valence-corrected chi connectivity index (χ3v) is 4.14. The molecule has 0 aliphatic carbocycles. The highest BCUT2D eigenvalue weighted by atomic mass is 16.3. The van der Waals surface area contributed by atoms with E-state index in [9.17, 15) is 5.11 Å². The highest BCUT2D eigenvalue weighted by Crippen LogP contribution is 2.36. The van der Waals surface area contributed by atoms with Crippen molar-refractivity contribution >= 4 is 5.69 Å². The number of nitrogens with zero attached hydrogens (tertiary/aromatic N) is 1. The number of hydrogen-bond acceptors (Lipinski definition) is 2. The maximum absolute atomic E-state index is 10.0. The van der Waals surface area contributed by atoms with Crippen LogP contribution in [0.4, 0.5) is 5.69 Å². The maximum Gasteiger partial charge on any atom is 0.122 e. The molecular weight excluding hydrogens is 260 g/mol. The first-order valence-electron chi connectivity index (χ1n) is 7.43. The second kappa shape index (κ2) is 5.88. The Morgan fingerprint density at radius 1 is 1.14 bits per heavy atom. The first-order valence-corrected chi connectivity index (χ1v) is 7.43. The van der Waals surface area contributed by atoms with Crippen LogP contribution in [0, 0.1) is 6.92 Å². The monoisotopic (exact) mass is 281 g/mol. The number of aliphatic hydroxyl groups is 1. The van der Waals surface area contributed by atoms with Gasteiger partial charge in [0.15, 0.2) is 0 Å². The first-order chi connectivity index (χ1) is 10.2. The highest BCUT2D eigenvalue weighted by Gasteiger charge is 2.37. The fourth-order valence-electron chi connectivity index (χ4n) is 3.09. The molecule has 0 bridgehead atoms. The van der Waals surface area contributed by atoms with E-state index in [1.165, 1.54) is 11.1 Å². The van der Waals surface area contributed by atoms with Gasteiger partial charge in [-0.15, -0.1) is 0 Å². The molecule has 21 heavy (non-hydrogen) atoms. The van der Waals surface area contributed by atoms with Crippen molar-refractivity contribution in [1.82, 2.24) is 5.32 Å². The summed E-state index contributed by atoms with van der Waals surface area (Å²) in [4.78, 5) is 0. The largest absolute Gasteiger partial charge is 0.377 e. The lowest BCUT2D eigenvalue weighted by Gasteiger charge is -2.41. The minimum absolute atomic E-state index is 0.254. The van der Waals surface area contributed by atoms with Gasteiger partial charge in [-0.3, -0.25) is 0 Å². The summed E-state index contributed by atoms with van der Waals surface area (Å²) in [5.74, 6) is 0. The minimum Gasteiger partial charge on any atom is -0.377 e. The van der Waals surface area contributed by atoms with Crippen molar-refractivity contribution in [3.05, 3.63) is 65.7 Å². The zero-order valence-corrected chi connectivity index (χ0v) is 12.3. The van der Waals surface area contributed by atoms with Gasteiger partial charge in [0.1, 0.15) is 6.23 Å². The van der Waals surface area contributed by atoms with Crippen LogP contribution >= 0.6 is 0 Å². The fourth-order valence-corrected chi connectivity index (χ4v) is 3.09. The summed E-state index contributed by atoms with van der Waals surface area (Å²) < 4.78 is 0. The Morgan fingerprint density at radius 2 is 1.95 bits per heavy atom. The molecule has 1 aliphatic heterocycles. The van der Waals surface area contributed by atoms with Crippen LogP contribution in [-0.4, -0.2) is 17.9 Å². The van der Waals surface area contributed by atoms with Gasteiger partial charge in [-0.2, -0.15) is 0 Å². The summed E-state index contributed by atoms with van der Waals surface area (Å²) in [7, 11) is 0. The van der Waals surface area contributed by atoms with Crippen molar-refractivity contribution in [2.45, 2.75) is 31.5 Å². The fraction of sp³-hybridized carbons (Fsp3) is 0.333. The summed E-state index contributed by atoms with van der Waals surface area (Å²) in [5.41, 5.74) is 3.27. The van der Waals surface area contributed by atoms with Crippen LogP contribution in [0.15, 0.2) is 54.6 Å². The molecule has 0 aromatic heterocycles. The minimum atomic E-state index is -0.601. The number of aliphatic hydroxyl groups excluding tert-OH is 1. The molecule has 1 saturated heterocycles. The first kappa shape index (κ1) is 14.1. The second-order valence-electron chi connectivity index (χ2n) is 5.78. The molecule has 1 heterocycles. The van der Waals surface area contributed by atoms with Crippen molar-refractivity contribution in [3.63, 3.8) is 0 Å². The summed E-state index contributed by atoms with van der Waals surface area (Å²) in [5, 5.41) is 17.9. The molecule has 1 aliphatic rings. The normalized spacial score (nSPS) is 25.5. The summed E-state index contributed by atoms with van der Waals surface area (Å²) >= 11 is 0. The van der Waals surface area contributed by atoms with Crippen molar-refractivity contribution in [2.24, 2.45) is 0 Å². The number of nitrogens with one attached hydrogen (secondary N) is 1. The van der Waals surface area contributed by atoms with Crippen LogP contribution < -0.4 is 10.6 Å². The van der Waals surface area contributed by atoms with E-state index < -0.39 is 6.23 Å². The molecule has 1 fully saturated rings. The van der Waals surface area contributed by atoms with Gasteiger partial charge in [0, 0.05) is 18.7 Å². The molecule has 0 saturated carbocycles. The van der Waals surface area contributed by atoms with Gasteiger partial charge in [0.25, 0.3) is 0 Å². The maximum atomic E-state index is 10.0. The Bertz CT molecular complexity index is 599. The Hall–Kier alpha value is -1.84. The average Bonchev–Trinajstić information content (AvgIpc) is 2.48. The topological polar surface area (TPSA) is 46.4 Å². The lowest BCUT2D eigenvalue weighted by atomic mass is 9.80. The van der Waals surface area contributed by atoms with Gasteiger partial charge in [0.05, 0.1) is 5.54 Å². The Labute approximate surface area is 126 Å². The Kier molecular flexibility index (Phi) is 3.95. The molecule has 0 amide bonds. The van der Waals surface area contributed by atoms with Crippen molar-refractivity contribution < 1.29 is 5.11 Å². The molecule has 2 N–H and O–H groups in total. The van der Waals surface area contributed by atoms with Crippen molar-refractivity contribution in [3.8, 4) is 0 Å². The molecule has 109 valence electrons. The number of benzene rings is 2.